The molecule has 19 heavy (non-hydrogen) atoms. The molecule has 6 heteroatoms. The Morgan fingerprint density at radius 2 is 2.26 bits per heavy atom. The maximum absolute atomic E-state index is 9.28. The first kappa shape index (κ1) is 11.8. The van der Waals surface area contributed by atoms with Crippen LogP contribution >= 0.6 is 11.3 Å². The minimum Gasteiger partial charge on any atom is -0.264 e. The van der Waals surface area contributed by atoms with E-state index in [4.69, 9.17) is 0 Å². The fourth-order valence-corrected chi connectivity index (χ4v) is 2.77. The molecule has 0 fully saturated rings. The van der Waals surface area contributed by atoms with Crippen LogP contribution in [0.15, 0.2) is 24.5 Å². The molecule has 0 amide bonds. The molecule has 3 rings (SSSR count). The van der Waals surface area contributed by atoms with Crippen LogP contribution < -0.4 is 0 Å². The summed E-state index contributed by atoms with van der Waals surface area (Å²) in [4.78, 5) is 9.33. The Kier molecular flexibility index (Phi) is 2.76. The van der Waals surface area contributed by atoms with Crippen molar-refractivity contribution >= 4 is 16.3 Å². The summed E-state index contributed by atoms with van der Waals surface area (Å²) < 4.78 is 1.63. The van der Waals surface area contributed by atoms with E-state index in [0.717, 1.165) is 21.2 Å². The molecule has 0 radical (unpaired) electrons. The zero-order valence-corrected chi connectivity index (χ0v) is 11.3. The van der Waals surface area contributed by atoms with Gasteiger partial charge in [0.1, 0.15) is 11.1 Å². The summed E-state index contributed by atoms with van der Waals surface area (Å²) in [6, 6.07) is 6.00. The molecule has 3 aromatic heterocycles. The standard InChI is InChI=1S/C13H11N5S/c1-8(2)11-10(6-14)18-13(16-11)19-12(17-18)9-4-3-5-15-7-9/h3-5,7-8H,1-2H3. The Bertz CT molecular complexity index is 764. The van der Waals surface area contributed by atoms with Crippen molar-refractivity contribution < 1.29 is 0 Å². The third-order valence-electron chi connectivity index (χ3n) is 2.79. The third kappa shape index (κ3) is 1.88. The molecule has 0 N–H and O–H groups in total. The molecule has 0 aliphatic heterocycles. The van der Waals surface area contributed by atoms with Gasteiger partial charge in [0.05, 0.1) is 5.69 Å². The van der Waals surface area contributed by atoms with Gasteiger partial charge in [-0.25, -0.2) is 4.98 Å². The summed E-state index contributed by atoms with van der Waals surface area (Å²) in [6.45, 7) is 4.05. The van der Waals surface area contributed by atoms with Crippen LogP contribution in [-0.2, 0) is 0 Å². The molecule has 0 aliphatic rings. The van der Waals surface area contributed by atoms with Crippen LogP contribution in [-0.4, -0.2) is 19.6 Å². The Balaban J connectivity index is 2.19. The van der Waals surface area contributed by atoms with E-state index in [0.29, 0.717) is 5.69 Å². The van der Waals surface area contributed by atoms with Crippen molar-refractivity contribution in [2.24, 2.45) is 0 Å². The normalized spacial score (nSPS) is 11.1. The maximum atomic E-state index is 9.28. The molecule has 3 heterocycles. The van der Waals surface area contributed by atoms with Gasteiger partial charge in [0.25, 0.3) is 0 Å². The van der Waals surface area contributed by atoms with Gasteiger partial charge in [0, 0.05) is 18.0 Å². The van der Waals surface area contributed by atoms with E-state index >= 15 is 0 Å². The molecule has 0 atom stereocenters. The highest BCUT2D eigenvalue weighted by molar-refractivity contribution is 7.19. The highest BCUT2D eigenvalue weighted by Crippen LogP contribution is 2.28. The molecular weight excluding hydrogens is 258 g/mol. The van der Waals surface area contributed by atoms with Gasteiger partial charge in [-0.1, -0.05) is 25.2 Å². The van der Waals surface area contributed by atoms with E-state index in [1.54, 1.807) is 16.9 Å². The van der Waals surface area contributed by atoms with Crippen molar-refractivity contribution in [1.82, 2.24) is 19.6 Å². The first-order valence-corrected chi connectivity index (χ1v) is 6.72. The van der Waals surface area contributed by atoms with Crippen LogP contribution in [0, 0.1) is 11.3 Å². The number of nitrogens with zero attached hydrogens (tertiary/aromatic N) is 5. The van der Waals surface area contributed by atoms with Crippen LogP contribution in [0.1, 0.15) is 31.2 Å². The smallest absolute Gasteiger partial charge is 0.213 e. The number of hydrogen-bond donors (Lipinski definition) is 0. The van der Waals surface area contributed by atoms with Gasteiger partial charge in [0.2, 0.25) is 4.96 Å². The van der Waals surface area contributed by atoms with Crippen LogP contribution in [0.3, 0.4) is 0 Å². The lowest BCUT2D eigenvalue weighted by molar-refractivity contribution is 0.822. The van der Waals surface area contributed by atoms with Crippen LogP contribution in [0.2, 0.25) is 0 Å². The third-order valence-corrected chi connectivity index (χ3v) is 3.75. The minimum atomic E-state index is 0.213. The molecule has 5 nitrogen and oxygen atoms in total. The Morgan fingerprint density at radius 1 is 1.42 bits per heavy atom. The van der Waals surface area contributed by atoms with Crippen molar-refractivity contribution in [3.63, 3.8) is 0 Å². The van der Waals surface area contributed by atoms with E-state index in [1.165, 1.54) is 11.3 Å². The molecule has 94 valence electrons. The predicted octanol–water partition coefficient (Wildman–Crippen LogP) is 2.85. The van der Waals surface area contributed by atoms with Crippen LogP contribution in [0.5, 0.6) is 0 Å². The molecule has 0 saturated heterocycles. The van der Waals surface area contributed by atoms with E-state index in [1.807, 2.05) is 26.0 Å². The second-order valence-corrected chi connectivity index (χ2v) is 5.41. The van der Waals surface area contributed by atoms with Gasteiger partial charge >= 0.3 is 0 Å². The van der Waals surface area contributed by atoms with E-state index in [9.17, 15) is 5.26 Å². The lowest BCUT2D eigenvalue weighted by Gasteiger charge is -1.99. The molecule has 0 bridgehead atoms. The highest BCUT2D eigenvalue weighted by atomic mass is 32.1. The lowest BCUT2D eigenvalue weighted by atomic mass is 10.1. The van der Waals surface area contributed by atoms with Crippen LogP contribution in [0.4, 0.5) is 0 Å². The second-order valence-electron chi connectivity index (χ2n) is 4.46. The summed E-state index contributed by atoms with van der Waals surface area (Å²) in [5.74, 6) is 0.213. The fourth-order valence-electron chi connectivity index (χ4n) is 1.88. The van der Waals surface area contributed by atoms with Gasteiger partial charge in [-0.2, -0.15) is 14.9 Å². The first-order valence-electron chi connectivity index (χ1n) is 5.90. The van der Waals surface area contributed by atoms with Gasteiger partial charge in [0.15, 0.2) is 5.69 Å². The zero-order chi connectivity index (χ0) is 13.4. The Morgan fingerprint density at radius 3 is 2.89 bits per heavy atom. The molecule has 0 unspecified atom stereocenters. The molecule has 0 aliphatic carbocycles. The topological polar surface area (TPSA) is 66.9 Å². The Labute approximate surface area is 114 Å². The molecular formula is C13H11N5S. The summed E-state index contributed by atoms with van der Waals surface area (Å²) >= 11 is 1.47. The SMILES string of the molecule is CC(C)c1nc2sc(-c3cccnc3)nn2c1C#N. The van der Waals surface area contributed by atoms with E-state index in [-0.39, 0.29) is 5.92 Å². The molecule has 0 spiro atoms. The highest BCUT2D eigenvalue weighted by Gasteiger charge is 2.18. The van der Waals surface area contributed by atoms with Gasteiger partial charge in [-0.15, -0.1) is 0 Å². The monoisotopic (exact) mass is 269 g/mol. The summed E-state index contributed by atoms with van der Waals surface area (Å²) in [7, 11) is 0. The Hall–Kier alpha value is -2.26. The number of aromatic nitrogens is 4. The summed E-state index contributed by atoms with van der Waals surface area (Å²) in [5, 5.41) is 14.6. The molecule has 0 saturated carbocycles. The number of imidazole rings is 1. The predicted molar refractivity (Wildman–Crippen MR) is 72.9 cm³/mol. The summed E-state index contributed by atoms with van der Waals surface area (Å²) in [6.07, 6.45) is 3.48. The average Bonchev–Trinajstić information content (AvgIpc) is 2.96. The largest absolute Gasteiger partial charge is 0.264 e. The number of nitriles is 1. The van der Waals surface area contributed by atoms with E-state index in [2.05, 4.69) is 21.1 Å². The number of pyridine rings is 1. The minimum absolute atomic E-state index is 0.213. The van der Waals surface area contributed by atoms with Crippen molar-refractivity contribution in [3.05, 3.63) is 35.9 Å². The second kappa shape index (κ2) is 4.44. The van der Waals surface area contributed by atoms with Gasteiger partial charge in [-0.05, 0) is 18.1 Å². The molecule has 3 aromatic rings. The number of hydrogen-bond acceptors (Lipinski definition) is 5. The number of rotatable bonds is 2. The van der Waals surface area contributed by atoms with Crippen molar-refractivity contribution in [3.8, 4) is 16.6 Å². The van der Waals surface area contributed by atoms with Crippen molar-refractivity contribution in [1.29, 1.82) is 5.26 Å². The quantitative estimate of drug-likeness (QED) is 0.717. The fraction of sp³-hybridized carbons (Fsp3) is 0.231. The van der Waals surface area contributed by atoms with Crippen molar-refractivity contribution in [2.45, 2.75) is 19.8 Å². The van der Waals surface area contributed by atoms with Gasteiger partial charge < -0.3 is 0 Å². The molecule has 0 aromatic carbocycles. The first-order chi connectivity index (χ1) is 9.20. The van der Waals surface area contributed by atoms with Crippen molar-refractivity contribution in [2.75, 3.05) is 0 Å². The zero-order valence-electron chi connectivity index (χ0n) is 10.5. The van der Waals surface area contributed by atoms with Crippen LogP contribution in [0.25, 0.3) is 15.5 Å². The maximum Gasteiger partial charge on any atom is 0.213 e. The summed E-state index contributed by atoms with van der Waals surface area (Å²) in [5.41, 5.74) is 2.27. The average molecular weight is 269 g/mol. The van der Waals surface area contributed by atoms with Gasteiger partial charge in [-0.3, -0.25) is 4.98 Å². The van der Waals surface area contributed by atoms with E-state index < -0.39 is 0 Å². The lowest BCUT2D eigenvalue weighted by Crippen LogP contribution is -1.95. The number of fused-ring (bicyclic) bond motifs is 1.